The van der Waals surface area contributed by atoms with Crippen LogP contribution in [0.4, 0.5) is 13.2 Å². The number of ether oxygens (including phenoxy) is 1. The smallest absolute Gasteiger partial charge is 0.389 e. The molecular formula is C15H16ClF3O. The highest BCUT2D eigenvalue weighted by atomic mass is 35.5. The Kier molecular flexibility index (Phi) is 6.74. The highest BCUT2D eigenvalue weighted by Crippen LogP contribution is 2.23. The van der Waals surface area contributed by atoms with E-state index in [4.69, 9.17) is 16.3 Å². The zero-order chi connectivity index (χ0) is 15.0. The maximum atomic E-state index is 12.0. The van der Waals surface area contributed by atoms with Gasteiger partial charge in [-0.2, -0.15) is 13.2 Å². The molecule has 1 nitrogen and oxygen atoms in total. The Morgan fingerprint density at radius 1 is 1.30 bits per heavy atom. The Bertz CT molecular complexity index is 486. The predicted octanol–water partition coefficient (Wildman–Crippen LogP) is 4.70. The zero-order valence-electron chi connectivity index (χ0n) is 11.2. The molecule has 0 fully saturated rings. The molecule has 0 amide bonds. The van der Waals surface area contributed by atoms with E-state index in [2.05, 4.69) is 11.8 Å². The molecule has 0 aliphatic carbocycles. The van der Waals surface area contributed by atoms with Gasteiger partial charge in [0.05, 0.1) is 6.61 Å². The minimum Gasteiger partial charge on any atom is -0.493 e. The fourth-order valence-electron chi connectivity index (χ4n) is 1.56. The first-order valence-electron chi connectivity index (χ1n) is 6.27. The minimum atomic E-state index is -4.12. The molecule has 5 heteroatoms. The predicted molar refractivity (Wildman–Crippen MR) is 74.2 cm³/mol. The van der Waals surface area contributed by atoms with Gasteiger partial charge < -0.3 is 4.74 Å². The summed E-state index contributed by atoms with van der Waals surface area (Å²) in [6.07, 6.45) is -4.37. The second-order valence-corrected chi connectivity index (χ2v) is 4.67. The van der Waals surface area contributed by atoms with Gasteiger partial charge in [-0.25, -0.2) is 0 Å². The van der Waals surface area contributed by atoms with Crippen molar-refractivity contribution in [2.75, 3.05) is 12.5 Å². The topological polar surface area (TPSA) is 9.23 Å². The highest BCUT2D eigenvalue weighted by Gasteiger charge is 2.26. The lowest BCUT2D eigenvalue weighted by Gasteiger charge is -2.10. The Morgan fingerprint density at radius 2 is 2.05 bits per heavy atom. The fourth-order valence-corrected chi connectivity index (χ4v) is 1.65. The molecule has 0 N–H and O–H groups in total. The summed E-state index contributed by atoms with van der Waals surface area (Å²) in [7, 11) is 0. The lowest BCUT2D eigenvalue weighted by Crippen LogP contribution is -2.10. The van der Waals surface area contributed by atoms with Crippen molar-refractivity contribution in [2.45, 2.75) is 32.4 Å². The number of benzene rings is 1. The SMILES string of the molecule is Cc1cc(C#CCCCl)ccc1OCCCC(F)(F)F. The first-order valence-corrected chi connectivity index (χ1v) is 6.81. The van der Waals surface area contributed by atoms with Crippen LogP contribution in [0.1, 0.15) is 30.4 Å². The van der Waals surface area contributed by atoms with Crippen molar-refractivity contribution in [3.63, 3.8) is 0 Å². The van der Waals surface area contributed by atoms with Crippen LogP contribution in [0.5, 0.6) is 5.75 Å². The lowest BCUT2D eigenvalue weighted by atomic mass is 10.1. The van der Waals surface area contributed by atoms with Crippen molar-refractivity contribution in [3.8, 4) is 17.6 Å². The molecule has 1 aromatic carbocycles. The number of halogens is 4. The summed E-state index contributed by atoms with van der Waals surface area (Å²) in [5.41, 5.74) is 1.70. The molecular weight excluding hydrogens is 289 g/mol. The average Bonchev–Trinajstić information content (AvgIpc) is 2.36. The van der Waals surface area contributed by atoms with Gasteiger partial charge in [0.2, 0.25) is 0 Å². The number of hydrogen-bond donors (Lipinski definition) is 0. The molecule has 0 saturated heterocycles. The molecule has 0 saturated carbocycles. The largest absolute Gasteiger partial charge is 0.493 e. The van der Waals surface area contributed by atoms with Crippen LogP contribution in [0.2, 0.25) is 0 Å². The standard InChI is InChI=1S/C15H16ClF3O/c1-12-11-13(5-2-3-9-16)6-7-14(12)20-10-4-8-15(17,18)19/h6-7,11H,3-4,8-10H2,1H3. The van der Waals surface area contributed by atoms with E-state index in [1.54, 1.807) is 12.1 Å². The summed E-state index contributed by atoms with van der Waals surface area (Å²) in [6, 6.07) is 5.36. The van der Waals surface area contributed by atoms with Gasteiger partial charge in [0, 0.05) is 24.3 Å². The molecule has 1 aromatic rings. The minimum absolute atomic E-state index is 0.0414. The zero-order valence-corrected chi connectivity index (χ0v) is 11.9. The average molecular weight is 305 g/mol. The van der Waals surface area contributed by atoms with Gasteiger partial charge in [-0.1, -0.05) is 11.8 Å². The Hall–Kier alpha value is -1.34. The molecule has 0 bridgehead atoms. The van der Waals surface area contributed by atoms with Crippen LogP contribution in [0.3, 0.4) is 0 Å². The maximum Gasteiger partial charge on any atom is 0.389 e. The quantitative estimate of drug-likeness (QED) is 0.435. The van der Waals surface area contributed by atoms with E-state index in [0.717, 1.165) is 11.1 Å². The van der Waals surface area contributed by atoms with Crippen molar-refractivity contribution in [1.82, 2.24) is 0 Å². The molecule has 0 aliphatic heterocycles. The van der Waals surface area contributed by atoms with E-state index >= 15 is 0 Å². The Labute approximate surface area is 122 Å². The summed E-state index contributed by atoms with van der Waals surface area (Å²) in [4.78, 5) is 0. The van der Waals surface area contributed by atoms with Crippen LogP contribution in [0, 0.1) is 18.8 Å². The molecule has 0 aromatic heterocycles. The molecule has 1 rings (SSSR count). The van der Waals surface area contributed by atoms with E-state index in [1.807, 2.05) is 13.0 Å². The van der Waals surface area contributed by atoms with Crippen molar-refractivity contribution < 1.29 is 17.9 Å². The summed E-state index contributed by atoms with van der Waals surface area (Å²) in [6.45, 7) is 1.89. The lowest BCUT2D eigenvalue weighted by molar-refractivity contribution is -0.136. The third-order valence-corrected chi connectivity index (χ3v) is 2.68. The van der Waals surface area contributed by atoms with Crippen LogP contribution in [-0.4, -0.2) is 18.7 Å². The van der Waals surface area contributed by atoms with E-state index in [-0.39, 0.29) is 13.0 Å². The van der Waals surface area contributed by atoms with Crippen LogP contribution in [0.25, 0.3) is 0 Å². The van der Waals surface area contributed by atoms with E-state index in [9.17, 15) is 13.2 Å². The number of hydrogen-bond acceptors (Lipinski definition) is 1. The molecule has 0 spiro atoms. The van der Waals surface area contributed by atoms with Crippen LogP contribution in [-0.2, 0) is 0 Å². The molecule has 20 heavy (non-hydrogen) atoms. The van der Waals surface area contributed by atoms with Crippen molar-refractivity contribution in [2.24, 2.45) is 0 Å². The second-order valence-electron chi connectivity index (χ2n) is 4.29. The molecule has 0 radical (unpaired) electrons. The van der Waals surface area contributed by atoms with E-state index in [0.29, 0.717) is 18.1 Å². The maximum absolute atomic E-state index is 12.0. The molecule has 0 unspecified atom stereocenters. The normalized spacial score (nSPS) is 10.8. The van der Waals surface area contributed by atoms with Gasteiger partial charge in [0.25, 0.3) is 0 Å². The van der Waals surface area contributed by atoms with Crippen molar-refractivity contribution in [3.05, 3.63) is 29.3 Å². The highest BCUT2D eigenvalue weighted by molar-refractivity contribution is 6.18. The van der Waals surface area contributed by atoms with Gasteiger partial charge in [-0.3, -0.25) is 0 Å². The molecule has 0 heterocycles. The Morgan fingerprint density at radius 3 is 2.65 bits per heavy atom. The van der Waals surface area contributed by atoms with Crippen LogP contribution in [0.15, 0.2) is 18.2 Å². The third-order valence-electron chi connectivity index (χ3n) is 2.49. The Balaban J connectivity index is 2.50. The number of rotatable bonds is 5. The van der Waals surface area contributed by atoms with E-state index < -0.39 is 12.6 Å². The summed E-state index contributed by atoms with van der Waals surface area (Å²) >= 11 is 5.52. The second kappa shape index (κ2) is 8.06. The molecule has 0 aliphatic rings. The molecule has 110 valence electrons. The van der Waals surface area contributed by atoms with Crippen molar-refractivity contribution in [1.29, 1.82) is 0 Å². The van der Waals surface area contributed by atoms with Gasteiger partial charge in [0.1, 0.15) is 5.75 Å². The first kappa shape index (κ1) is 16.7. The number of alkyl halides is 4. The van der Waals surface area contributed by atoms with Gasteiger partial charge in [-0.15, -0.1) is 11.6 Å². The summed E-state index contributed by atoms with van der Waals surface area (Å²) in [5, 5.41) is 0. The van der Waals surface area contributed by atoms with E-state index in [1.165, 1.54) is 0 Å². The number of aryl methyl sites for hydroxylation is 1. The van der Waals surface area contributed by atoms with Gasteiger partial charge >= 0.3 is 6.18 Å². The first-order chi connectivity index (χ1) is 9.42. The van der Waals surface area contributed by atoms with Crippen LogP contribution < -0.4 is 4.74 Å². The fraction of sp³-hybridized carbons (Fsp3) is 0.467. The van der Waals surface area contributed by atoms with Crippen LogP contribution >= 0.6 is 11.6 Å². The monoisotopic (exact) mass is 304 g/mol. The summed E-state index contributed by atoms with van der Waals surface area (Å²) in [5.74, 6) is 6.97. The van der Waals surface area contributed by atoms with Gasteiger partial charge in [0.15, 0.2) is 0 Å². The third kappa shape index (κ3) is 6.72. The molecule has 0 atom stereocenters. The summed E-state index contributed by atoms with van der Waals surface area (Å²) < 4.78 is 41.3. The van der Waals surface area contributed by atoms with Gasteiger partial charge in [-0.05, 0) is 37.1 Å². The van der Waals surface area contributed by atoms with Crippen molar-refractivity contribution >= 4 is 11.6 Å².